The largest absolute Gasteiger partial charge is 0.393 e. The Morgan fingerprint density at radius 3 is 1.06 bits per heavy atom. The Morgan fingerprint density at radius 1 is 0.339 bits per heavy atom. The van der Waals surface area contributed by atoms with Crippen LogP contribution in [0.5, 0.6) is 0 Å². The van der Waals surface area contributed by atoms with Gasteiger partial charge in [0.25, 0.3) is 0 Å². The molecule has 0 saturated heterocycles. The molecule has 5 heteroatoms. The van der Waals surface area contributed by atoms with Crippen LogP contribution in [0.1, 0.15) is 196 Å². The molecule has 26 atom stereocenters. The molecule has 24 unspecified atom stereocenters. The fourth-order valence-corrected chi connectivity index (χ4v) is 21.4. The topological polar surface area (TPSA) is 57.5 Å². The zero-order chi connectivity index (χ0) is 41.6. The standard InChI is InChI=1S/2C19H32O.C19H30O.2B/c3*1-11-12(2)19-15-5-3-4-13(15)6-8-17(19)16-9-7-14(20)10-18(11)16;;/h2*11-20H,3-10H2,1-2H3;11-13,15-19H,3-10H2,1-2H3;;/t2*11?,12?,13?,14-,15?,16?,17?,18?,19?;;;/m10.../s1. The average molecular weight is 849 g/mol. The zero-order valence-electron chi connectivity index (χ0n) is 40.9. The monoisotopic (exact) mass is 849 g/mol. The second kappa shape index (κ2) is 19.7. The molecule has 0 aromatic heterocycles. The molecule has 12 aliphatic carbocycles. The lowest BCUT2D eigenvalue weighted by Crippen LogP contribution is -2.52. The molecule has 2 N–H and O–H groups in total. The first kappa shape index (κ1) is 48.2. The van der Waals surface area contributed by atoms with Gasteiger partial charge in [0.2, 0.25) is 0 Å². The second-order valence-electron chi connectivity index (χ2n) is 25.9. The highest BCUT2D eigenvalue weighted by atomic mass is 16.3. The van der Waals surface area contributed by atoms with E-state index in [4.69, 9.17) is 0 Å². The van der Waals surface area contributed by atoms with Gasteiger partial charge < -0.3 is 10.2 Å². The number of aliphatic hydroxyl groups is 2. The zero-order valence-corrected chi connectivity index (χ0v) is 40.9. The number of hydrogen-bond acceptors (Lipinski definition) is 3. The lowest BCUT2D eigenvalue weighted by Gasteiger charge is -2.57. The van der Waals surface area contributed by atoms with Gasteiger partial charge in [-0.25, -0.2) is 0 Å². The molecule has 0 aromatic carbocycles. The Hall–Kier alpha value is -0.280. The minimum absolute atomic E-state index is 0. The van der Waals surface area contributed by atoms with Crippen LogP contribution in [-0.4, -0.2) is 45.0 Å². The number of aliphatic hydroxyl groups excluding tert-OH is 2. The van der Waals surface area contributed by atoms with Crippen molar-refractivity contribution in [2.45, 2.75) is 208 Å². The van der Waals surface area contributed by atoms with Gasteiger partial charge in [-0.15, -0.1) is 0 Å². The second-order valence-corrected chi connectivity index (χ2v) is 25.9. The third-order valence-electron chi connectivity index (χ3n) is 24.3. The van der Waals surface area contributed by atoms with Gasteiger partial charge in [0, 0.05) is 29.7 Å². The van der Waals surface area contributed by atoms with Crippen LogP contribution in [0.15, 0.2) is 0 Å². The molecular formula is C57H94B2O3. The van der Waals surface area contributed by atoms with Gasteiger partial charge in [0.15, 0.2) is 0 Å². The van der Waals surface area contributed by atoms with E-state index in [1.54, 1.807) is 0 Å². The molecule has 6 radical (unpaired) electrons. The van der Waals surface area contributed by atoms with Crippen molar-refractivity contribution in [3.05, 3.63) is 0 Å². The van der Waals surface area contributed by atoms with Crippen LogP contribution in [0.3, 0.4) is 0 Å². The lowest BCUT2D eigenvalue weighted by molar-refractivity contribution is -0.132. The number of hydrogen-bond donors (Lipinski definition) is 2. The van der Waals surface area contributed by atoms with Crippen LogP contribution in [0.25, 0.3) is 0 Å². The summed E-state index contributed by atoms with van der Waals surface area (Å²) in [6.07, 6.45) is 32.8. The quantitative estimate of drug-likeness (QED) is 0.239. The first-order valence-corrected chi connectivity index (χ1v) is 27.9. The predicted octanol–water partition coefficient (Wildman–Crippen LogP) is 12.9. The van der Waals surface area contributed by atoms with E-state index in [1.165, 1.54) is 116 Å². The van der Waals surface area contributed by atoms with Gasteiger partial charge in [0.05, 0.1) is 12.2 Å². The number of Topliss-reactive ketones (excluding diaryl/α,β-unsaturated/α-hetero) is 1. The van der Waals surface area contributed by atoms with Gasteiger partial charge in [-0.3, -0.25) is 4.79 Å². The molecule has 0 heterocycles. The smallest absolute Gasteiger partial charge is 0.133 e. The summed E-state index contributed by atoms with van der Waals surface area (Å²) >= 11 is 0. The van der Waals surface area contributed by atoms with Crippen LogP contribution < -0.4 is 0 Å². The van der Waals surface area contributed by atoms with Crippen molar-refractivity contribution in [1.82, 2.24) is 0 Å². The Bertz CT molecular complexity index is 1410. The maximum atomic E-state index is 11.9. The van der Waals surface area contributed by atoms with Crippen molar-refractivity contribution in [1.29, 1.82) is 0 Å². The van der Waals surface area contributed by atoms with E-state index in [2.05, 4.69) is 41.5 Å². The van der Waals surface area contributed by atoms with Gasteiger partial charge in [0.1, 0.15) is 5.78 Å². The first-order valence-electron chi connectivity index (χ1n) is 27.9. The van der Waals surface area contributed by atoms with Gasteiger partial charge in [-0.05, 0) is 245 Å². The minimum Gasteiger partial charge on any atom is -0.393 e. The highest BCUT2D eigenvalue weighted by Gasteiger charge is 2.57. The molecule has 0 amide bonds. The van der Waals surface area contributed by atoms with Crippen molar-refractivity contribution >= 4 is 22.6 Å². The molecule has 3 nitrogen and oxygen atoms in total. The SMILES string of the molecule is CC1C(C)C2C3CCCC3CCC2C2CCC(=O)CC12.CC1C(C)C2C3CCCC3CCC2C2CC[C@@H](O)CC12.CC1C(C)C2C3CCCC3CCC2C2CC[C@H](O)CC12.[B].[B]. The summed E-state index contributed by atoms with van der Waals surface area (Å²) in [6.45, 7) is 15.1. The summed E-state index contributed by atoms with van der Waals surface area (Å²) in [7, 11) is 0. The van der Waals surface area contributed by atoms with E-state index in [1.807, 2.05) is 0 Å². The van der Waals surface area contributed by atoms with E-state index in [-0.39, 0.29) is 29.0 Å². The molecule has 12 aliphatic rings. The molecule has 0 aromatic rings. The predicted molar refractivity (Wildman–Crippen MR) is 257 cm³/mol. The molecule has 0 bridgehead atoms. The number of ketones is 1. The van der Waals surface area contributed by atoms with E-state index in [9.17, 15) is 15.0 Å². The Kier molecular flexibility index (Phi) is 15.3. The van der Waals surface area contributed by atoms with E-state index < -0.39 is 0 Å². The van der Waals surface area contributed by atoms with Gasteiger partial charge in [-0.1, -0.05) is 80.1 Å². The number of fused-ring (bicyclic) bond motifs is 15. The van der Waals surface area contributed by atoms with Crippen LogP contribution >= 0.6 is 0 Å². The van der Waals surface area contributed by atoms with Gasteiger partial charge >= 0.3 is 0 Å². The molecular weight excluding hydrogens is 754 g/mol. The van der Waals surface area contributed by atoms with Gasteiger partial charge in [-0.2, -0.15) is 0 Å². The molecule has 12 saturated carbocycles. The molecule has 0 spiro atoms. The summed E-state index contributed by atoms with van der Waals surface area (Å²) in [5.41, 5.74) is 0. The van der Waals surface area contributed by atoms with Crippen LogP contribution in [0.4, 0.5) is 0 Å². The van der Waals surface area contributed by atoms with Crippen molar-refractivity contribution in [3.8, 4) is 0 Å². The maximum Gasteiger partial charge on any atom is 0.133 e. The summed E-state index contributed by atoms with van der Waals surface area (Å²) < 4.78 is 0. The summed E-state index contributed by atoms with van der Waals surface area (Å²) in [6, 6.07) is 0. The maximum absolute atomic E-state index is 11.9. The molecule has 12 rings (SSSR count). The lowest BCUT2D eigenvalue weighted by atomic mass is 9.48. The number of carbonyl (C=O) groups is 1. The Balaban J connectivity index is 0.000000126. The summed E-state index contributed by atoms with van der Waals surface area (Å²) in [4.78, 5) is 11.9. The molecule has 12 fully saturated rings. The van der Waals surface area contributed by atoms with Crippen molar-refractivity contribution in [3.63, 3.8) is 0 Å². The van der Waals surface area contributed by atoms with Crippen molar-refractivity contribution in [2.24, 2.45) is 142 Å². The molecule has 62 heavy (non-hydrogen) atoms. The van der Waals surface area contributed by atoms with E-state index in [0.29, 0.717) is 5.78 Å². The number of rotatable bonds is 0. The molecule has 0 aliphatic heterocycles. The first-order chi connectivity index (χ1) is 29.0. The third-order valence-corrected chi connectivity index (χ3v) is 24.3. The normalized spacial score (nSPS) is 55.6. The minimum atomic E-state index is 0. The van der Waals surface area contributed by atoms with Crippen LogP contribution in [-0.2, 0) is 4.79 Å². The Morgan fingerprint density at radius 2 is 0.677 bits per heavy atom. The van der Waals surface area contributed by atoms with Crippen LogP contribution in [0, 0.1) is 142 Å². The fraction of sp³-hybridized carbons (Fsp3) is 0.982. The summed E-state index contributed by atoms with van der Waals surface area (Å²) in [5, 5.41) is 20.2. The van der Waals surface area contributed by atoms with Crippen LogP contribution in [0.2, 0.25) is 0 Å². The number of carbonyl (C=O) groups excluding carboxylic acids is 1. The van der Waals surface area contributed by atoms with E-state index >= 15 is 0 Å². The summed E-state index contributed by atoms with van der Waals surface area (Å²) in [5.74, 6) is 23.3. The third kappa shape index (κ3) is 8.49. The Labute approximate surface area is 386 Å². The highest BCUT2D eigenvalue weighted by Crippen LogP contribution is 2.64. The van der Waals surface area contributed by atoms with E-state index in [0.717, 1.165) is 181 Å². The highest BCUT2D eigenvalue weighted by molar-refractivity contribution is 5.79. The molecule has 346 valence electrons. The van der Waals surface area contributed by atoms with Crippen molar-refractivity contribution in [2.75, 3.05) is 0 Å². The fourth-order valence-electron chi connectivity index (χ4n) is 21.4. The van der Waals surface area contributed by atoms with Crippen molar-refractivity contribution < 1.29 is 15.0 Å². The average Bonchev–Trinajstić information content (AvgIpc) is 4.05.